The molecule has 2 saturated heterocycles. The van der Waals surface area contributed by atoms with Crippen molar-refractivity contribution in [2.45, 2.75) is 44.4 Å². The molecule has 2 unspecified atom stereocenters. The number of benzene rings is 1. The van der Waals surface area contributed by atoms with Crippen LogP contribution in [-0.2, 0) is 14.4 Å². The summed E-state index contributed by atoms with van der Waals surface area (Å²) in [6.07, 6.45) is 1.11. The van der Waals surface area contributed by atoms with Crippen LogP contribution in [0.5, 0.6) is 0 Å². The van der Waals surface area contributed by atoms with E-state index in [1.165, 1.54) is 0 Å². The van der Waals surface area contributed by atoms with E-state index in [0.29, 0.717) is 32.4 Å². The van der Waals surface area contributed by atoms with Crippen LogP contribution in [0.15, 0.2) is 30.3 Å². The molecule has 1 aromatic rings. The second-order valence-electron chi connectivity index (χ2n) is 8.09. The number of nitrogens with zero attached hydrogens (tertiary/aromatic N) is 2. The molecule has 4 rings (SSSR count). The van der Waals surface area contributed by atoms with Crippen LogP contribution >= 0.6 is 0 Å². The van der Waals surface area contributed by atoms with E-state index in [9.17, 15) is 19.5 Å². The van der Waals surface area contributed by atoms with Crippen molar-refractivity contribution < 1.29 is 19.5 Å². The second kappa shape index (κ2) is 7.54. The molecule has 150 valence electrons. The van der Waals surface area contributed by atoms with Crippen LogP contribution in [0.3, 0.4) is 0 Å². The first-order valence-electron chi connectivity index (χ1n) is 10.1. The van der Waals surface area contributed by atoms with Crippen molar-refractivity contribution in [3.8, 4) is 0 Å². The number of piperazine rings is 1. The number of amides is 3. The highest BCUT2D eigenvalue weighted by molar-refractivity contribution is 5.89. The quantitative estimate of drug-likeness (QED) is 0.798. The SMILES string of the molecule is CCNC(=O)C1C[C@@H]2CN(C(=O)C3CC(O)C3)CC(=O)N2C1c1ccccc1. The summed E-state index contributed by atoms with van der Waals surface area (Å²) in [6, 6.07) is 9.22. The van der Waals surface area contributed by atoms with Crippen LogP contribution in [0, 0.1) is 11.8 Å². The molecular weight excluding hydrogens is 358 g/mol. The van der Waals surface area contributed by atoms with Gasteiger partial charge < -0.3 is 20.2 Å². The molecule has 7 heteroatoms. The van der Waals surface area contributed by atoms with Crippen molar-refractivity contribution in [3.63, 3.8) is 0 Å². The Morgan fingerprint density at radius 2 is 1.89 bits per heavy atom. The van der Waals surface area contributed by atoms with Gasteiger partial charge in [-0.3, -0.25) is 14.4 Å². The summed E-state index contributed by atoms with van der Waals surface area (Å²) in [5.74, 6) is -0.698. The lowest BCUT2D eigenvalue weighted by Crippen LogP contribution is -2.58. The first-order valence-corrected chi connectivity index (χ1v) is 10.1. The average molecular weight is 385 g/mol. The van der Waals surface area contributed by atoms with Crippen molar-refractivity contribution in [2.75, 3.05) is 19.6 Å². The third-order valence-electron chi connectivity index (χ3n) is 6.25. The predicted octanol–water partition coefficient (Wildman–Crippen LogP) is 0.694. The molecule has 1 aromatic carbocycles. The standard InChI is InChI=1S/C21H27N3O4/c1-2-22-20(27)17-10-15-11-23(21(28)14-8-16(25)9-14)12-18(26)24(15)19(17)13-6-4-3-5-7-13/h3-7,14-17,19,25H,2,8-12H2,1H3,(H,22,27)/t14?,15-,16?,17?,19?/m1/s1. The molecule has 0 radical (unpaired) electrons. The number of aliphatic hydroxyl groups excluding tert-OH is 1. The maximum absolute atomic E-state index is 13.0. The molecular formula is C21H27N3O4. The van der Waals surface area contributed by atoms with Crippen LogP contribution in [0.25, 0.3) is 0 Å². The summed E-state index contributed by atoms with van der Waals surface area (Å²) in [7, 11) is 0. The lowest BCUT2D eigenvalue weighted by atomic mass is 9.81. The molecule has 3 aliphatic rings. The lowest BCUT2D eigenvalue weighted by molar-refractivity contribution is -0.154. The highest BCUT2D eigenvalue weighted by Gasteiger charge is 2.51. The second-order valence-corrected chi connectivity index (χ2v) is 8.09. The summed E-state index contributed by atoms with van der Waals surface area (Å²) in [5.41, 5.74) is 0.955. The number of carbonyl (C=O) groups excluding carboxylic acids is 3. The molecule has 1 aliphatic carbocycles. The van der Waals surface area contributed by atoms with Crippen LogP contribution < -0.4 is 5.32 Å². The molecule has 7 nitrogen and oxygen atoms in total. The number of nitrogens with one attached hydrogen (secondary N) is 1. The van der Waals surface area contributed by atoms with E-state index >= 15 is 0 Å². The summed E-state index contributed by atoms with van der Waals surface area (Å²) < 4.78 is 0. The van der Waals surface area contributed by atoms with E-state index in [2.05, 4.69) is 5.32 Å². The molecule has 0 spiro atoms. The molecule has 3 amide bonds. The fourth-order valence-electron chi connectivity index (χ4n) is 4.86. The average Bonchev–Trinajstić information content (AvgIpc) is 3.06. The van der Waals surface area contributed by atoms with Crippen molar-refractivity contribution in [2.24, 2.45) is 11.8 Å². The van der Waals surface area contributed by atoms with Gasteiger partial charge in [0.05, 0.1) is 30.7 Å². The van der Waals surface area contributed by atoms with Gasteiger partial charge in [-0.25, -0.2) is 0 Å². The first-order chi connectivity index (χ1) is 13.5. The number of aliphatic hydroxyl groups is 1. The van der Waals surface area contributed by atoms with E-state index in [1.54, 1.807) is 4.90 Å². The van der Waals surface area contributed by atoms with Crippen LogP contribution in [0.4, 0.5) is 0 Å². The Morgan fingerprint density at radius 1 is 1.18 bits per heavy atom. The van der Waals surface area contributed by atoms with E-state index in [0.717, 1.165) is 5.56 Å². The van der Waals surface area contributed by atoms with Gasteiger partial charge in [0.2, 0.25) is 17.7 Å². The molecule has 2 heterocycles. The minimum absolute atomic E-state index is 0.0430. The summed E-state index contributed by atoms with van der Waals surface area (Å²) in [6.45, 7) is 2.93. The van der Waals surface area contributed by atoms with Gasteiger partial charge in [-0.2, -0.15) is 0 Å². The topological polar surface area (TPSA) is 90.0 Å². The lowest BCUT2D eigenvalue weighted by Gasteiger charge is -2.42. The molecule has 0 bridgehead atoms. The molecule has 28 heavy (non-hydrogen) atoms. The van der Waals surface area contributed by atoms with Crippen molar-refractivity contribution in [1.82, 2.24) is 15.1 Å². The first kappa shape index (κ1) is 18.9. The van der Waals surface area contributed by atoms with Gasteiger partial charge in [0, 0.05) is 19.0 Å². The highest BCUT2D eigenvalue weighted by Crippen LogP contribution is 2.43. The molecule has 2 aliphatic heterocycles. The van der Waals surface area contributed by atoms with Crippen molar-refractivity contribution in [3.05, 3.63) is 35.9 Å². The fraction of sp³-hybridized carbons (Fsp3) is 0.571. The Hall–Kier alpha value is -2.41. The Balaban J connectivity index is 1.57. The molecule has 2 N–H and O–H groups in total. The minimum Gasteiger partial charge on any atom is -0.393 e. The third-order valence-corrected chi connectivity index (χ3v) is 6.25. The number of rotatable bonds is 4. The van der Waals surface area contributed by atoms with E-state index in [4.69, 9.17) is 0 Å². The van der Waals surface area contributed by atoms with Crippen molar-refractivity contribution in [1.29, 1.82) is 0 Å². The largest absolute Gasteiger partial charge is 0.393 e. The summed E-state index contributed by atoms with van der Waals surface area (Å²) >= 11 is 0. The molecule has 1 saturated carbocycles. The van der Waals surface area contributed by atoms with Gasteiger partial charge in [-0.1, -0.05) is 30.3 Å². The van der Waals surface area contributed by atoms with Crippen molar-refractivity contribution >= 4 is 17.7 Å². The van der Waals surface area contributed by atoms with Gasteiger partial charge in [-0.05, 0) is 31.7 Å². The number of fused-ring (bicyclic) bond motifs is 1. The maximum Gasteiger partial charge on any atom is 0.243 e. The summed E-state index contributed by atoms with van der Waals surface area (Å²) in [5, 5.41) is 12.4. The number of hydrogen-bond donors (Lipinski definition) is 2. The van der Waals surface area contributed by atoms with Gasteiger partial charge in [0.15, 0.2) is 0 Å². The fourth-order valence-corrected chi connectivity index (χ4v) is 4.86. The molecule has 3 atom stereocenters. The Bertz CT molecular complexity index is 762. The zero-order valence-corrected chi connectivity index (χ0v) is 16.1. The van der Waals surface area contributed by atoms with Gasteiger partial charge in [-0.15, -0.1) is 0 Å². The zero-order valence-electron chi connectivity index (χ0n) is 16.1. The van der Waals surface area contributed by atoms with Crippen LogP contribution in [0.2, 0.25) is 0 Å². The summed E-state index contributed by atoms with van der Waals surface area (Å²) in [4.78, 5) is 41.9. The maximum atomic E-state index is 13.0. The Labute approximate surface area is 164 Å². The Morgan fingerprint density at radius 3 is 2.54 bits per heavy atom. The zero-order chi connectivity index (χ0) is 19.8. The van der Waals surface area contributed by atoms with E-state index in [-0.39, 0.29) is 48.2 Å². The van der Waals surface area contributed by atoms with Gasteiger partial charge in [0.25, 0.3) is 0 Å². The Kier molecular flexibility index (Phi) is 5.10. The number of hydrogen-bond acceptors (Lipinski definition) is 4. The van der Waals surface area contributed by atoms with E-state index in [1.807, 2.05) is 42.2 Å². The predicted molar refractivity (Wildman–Crippen MR) is 102 cm³/mol. The van der Waals surface area contributed by atoms with Crippen LogP contribution in [0.1, 0.15) is 37.8 Å². The smallest absolute Gasteiger partial charge is 0.243 e. The molecule has 3 fully saturated rings. The van der Waals surface area contributed by atoms with Gasteiger partial charge in [0.1, 0.15) is 0 Å². The minimum atomic E-state index is -0.401. The third kappa shape index (κ3) is 3.28. The normalized spacial score (nSPS) is 31.9. The highest BCUT2D eigenvalue weighted by atomic mass is 16.3. The number of carbonyl (C=O) groups is 3. The van der Waals surface area contributed by atoms with Crippen LogP contribution in [-0.4, -0.2) is 64.4 Å². The molecule has 0 aromatic heterocycles. The van der Waals surface area contributed by atoms with E-state index < -0.39 is 6.10 Å². The van der Waals surface area contributed by atoms with Gasteiger partial charge >= 0.3 is 0 Å². The monoisotopic (exact) mass is 385 g/mol.